The Bertz CT molecular complexity index is 1360. The average molecular weight is 505 g/mol. The number of hydrogen-bond acceptors (Lipinski definition) is 8. The lowest BCUT2D eigenvalue weighted by Gasteiger charge is -2.32. The summed E-state index contributed by atoms with van der Waals surface area (Å²) in [4.78, 5) is 26.4. The van der Waals surface area contributed by atoms with Crippen molar-refractivity contribution in [3.05, 3.63) is 76.2 Å². The summed E-state index contributed by atoms with van der Waals surface area (Å²) in [7, 11) is 1.58. The standard InChI is InChI=1S/C27H32N6O4/c1-35-15-16-36-26-30-24(28)23-25(31-26)33(27(34)29-23)18-20-9-7-19(8-10-20)17-32-13-11-22(12-14-32)37-21-5-3-2-4-6-21/h2-10,22H,11-18H2,1H3,(H,29,34)(H2,28,30,31). The summed E-state index contributed by atoms with van der Waals surface area (Å²) >= 11 is 0. The zero-order valence-electron chi connectivity index (χ0n) is 20.9. The zero-order valence-corrected chi connectivity index (χ0v) is 20.9. The number of nitrogens with one attached hydrogen (secondary N) is 1. The average Bonchev–Trinajstić information content (AvgIpc) is 3.22. The first-order chi connectivity index (χ1) is 18.1. The number of nitrogen functional groups attached to an aromatic ring is 1. The summed E-state index contributed by atoms with van der Waals surface area (Å²) < 4.78 is 18.2. The normalized spacial score (nSPS) is 14.7. The van der Waals surface area contributed by atoms with E-state index in [1.807, 2.05) is 42.5 Å². The van der Waals surface area contributed by atoms with Gasteiger partial charge < -0.3 is 24.9 Å². The number of aromatic amines is 1. The molecule has 0 atom stereocenters. The molecular formula is C27H32N6O4. The molecule has 0 spiro atoms. The molecule has 1 saturated heterocycles. The predicted octanol–water partition coefficient (Wildman–Crippen LogP) is 2.82. The number of likely N-dealkylation sites (tertiary alicyclic amines) is 1. The number of aromatic nitrogens is 4. The van der Waals surface area contributed by atoms with Crippen LogP contribution in [0.15, 0.2) is 59.4 Å². The number of nitrogens with zero attached hydrogens (tertiary/aromatic N) is 4. The Morgan fingerprint density at radius 1 is 0.973 bits per heavy atom. The van der Waals surface area contributed by atoms with Crippen molar-refractivity contribution in [1.82, 2.24) is 24.4 Å². The summed E-state index contributed by atoms with van der Waals surface area (Å²) in [6.45, 7) is 3.93. The van der Waals surface area contributed by atoms with Gasteiger partial charge in [0.15, 0.2) is 11.5 Å². The molecule has 2 aromatic carbocycles. The third-order valence-corrected chi connectivity index (χ3v) is 6.50. The monoisotopic (exact) mass is 504 g/mol. The highest BCUT2D eigenvalue weighted by atomic mass is 16.5. The number of methoxy groups -OCH3 is 1. The Kier molecular flexibility index (Phi) is 7.67. The van der Waals surface area contributed by atoms with Crippen LogP contribution in [0, 0.1) is 0 Å². The van der Waals surface area contributed by atoms with E-state index in [2.05, 4.69) is 32.0 Å². The Morgan fingerprint density at radius 2 is 1.68 bits per heavy atom. The Balaban J connectivity index is 1.20. The zero-order chi connectivity index (χ0) is 25.6. The van der Waals surface area contributed by atoms with E-state index in [1.54, 1.807) is 11.7 Å². The van der Waals surface area contributed by atoms with Gasteiger partial charge in [0.25, 0.3) is 0 Å². The number of ether oxygens (including phenoxy) is 3. The van der Waals surface area contributed by atoms with Crippen molar-refractivity contribution in [2.45, 2.75) is 32.0 Å². The molecule has 0 unspecified atom stereocenters. The second-order valence-electron chi connectivity index (χ2n) is 9.17. The van der Waals surface area contributed by atoms with E-state index in [1.165, 1.54) is 5.56 Å². The third kappa shape index (κ3) is 6.10. The van der Waals surface area contributed by atoms with Crippen LogP contribution in [-0.4, -0.2) is 63.9 Å². The van der Waals surface area contributed by atoms with Crippen LogP contribution in [0.2, 0.25) is 0 Å². The van der Waals surface area contributed by atoms with Crippen LogP contribution in [0.3, 0.4) is 0 Å². The molecule has 0 bridgehead atoms. The molecule has 0 radical (unpaired) electrons. The molecule has 1 fully saturated rings. The molecule has 10 heteroatoms. The first-order valence-electron chi connectivity index (χ1n) is 12.5. The fourth-order valence-electron chi connectivity index (χ4n) is 4.53. The molecule has 3 N–H and O–H groups in total. The van der Waals surface area contributed by atoms with Crippen LogP contribution in [0.25, 0.3) is 11.2 Å². The van der Waals surface area contributed by atoms with Crippen molar-refractivity contribution in [3.63, 3.8) is 0 Å². The maximum Gasteiger partial charge on any atom is 0.328 e. The molecule has 0 amide bonds. The topological polar surface area (TPSA) is 121 Å². The molecular weight excluding hydrogens is 472 g/mol. The lowest BCUT2D eigenvalue weighted by atomic mass is 10.1. The van der Waals surface area contributed by atoms with Crippen LogP contribution in [0.5, 0.6) is 11.8 Å². The second-order valence-corrected chi connectivity index (χ2v) is 9.17. The Labute approximate surface area is 215 Å². The van der Waals surface area contributed by atoms with Gasteiger partial charge in [-0.3, -0.25) is 9.47 Å². The maximum atomic E-state index is 12.6. The van der Waals surface area contributed by atoms with Crippen molar-refractivity contribution in [1.29, 1.82) is 0 Å². The number of anilines is 1. The molecule has 10 nitrogen and oxygen atoms in total. The minimum Gasteiger partial charge on any atom is -0.490 e. The minimum absolute atomic E-state index is 0.114. The molecule has 3 heterocycles. The number of H-pyrrole nitrogens is 1. The van der Waals surface area contributed by atoms with Crippen LogP contribution in [0.1, 0.15) is 24.0 Å². The molecule has 37 heavy (non-hydrogen) atoms. The highest BCUT2D eigenvalue weighted by Crippen LogP contribution is 2.21. The number of rotatable bonds is 10. The summed E-state index contributed by atoms with van der Waals surface area (Å²) in [6, 6.07) is 18.5. The SMILES string of the molecule is COCCOc1nc(N)c2[nH]c(=O)n(Cc3ccc(CN4CCC(Oc5ccccc5)CC4)cc3)c2n1. The van der Waals surface area contributed by atoms with E-state index >= 15 is 0 Å². The van der Waals surface area contributed by atoms with Gasteiger partial charge in [0.05, 0.1) is 13.2 Å². The van der Waals surface area contributed by atoms with Crippen LogP contribution >= 0.6 is 0 Å². The molecule has 1 aliphatic heterocycles. The largest absolute Gasteiger partial charge is 0.490 e. The highest BCUT2D eigenvalue weighted by Gasteiger charge is 2.21. The molecule has 5 rings (SSSR count). The number of imidazole rings is 1. The van der Waals surface area contributed by atoms with Gasteiger partial charge in [-0.1, -0.05) is 42.5 Å². The van der Waals surface area contributed by atoms with Gasteiger partial charge in [-0.15, -0.1) is 0 Å². The smallest absolute Gasteiger partial charge is 0.328 e. The summed E-state index contributed by atoms with van der Waals surface area (Å²) in [6.07, 6.45) is 2.29. The summed E-state index contributed by atoms with van der Waals surface area (Å²) in [5, 5.41) is 0. The van der Waals surface area contributed by atoms with Crippen molar-refractivity contribution in [2.24, 2.45) is 0 Å². The number of benzene rings is 2. The number of para-hydroxylation sites is 1. The van der Waals surface area contributed by atoms with Gasteiger partial charge in [-0.2, -0.15) is 9.97 Å². The van der Waals surface area contributed by atoms with E-state index in [9.17, 15) is 4.79 Å². The Hall–Kier alpha value is -3.89. The lowest BCUT2D eigenvalue weighted by molar-refractivity contribution is 0.0968. The third-order valence-electron chi connectivity index (χ3n) is 6.50. The van der Waals surface area contributed by atoms with Crippen molar-refractivity contribution < 1.29 is 14.2 Å². The number of fused-ring (bicyclic) bond motifs is 1. The van der Waals surface area contributed by atoms with Crippen LogP contribution < -0.4 is 20.9 Å². The number of piperidine rings is 1. The molecule has 1 aliphatic rings. The molecule has 0 saturated carbocycles. The second kappa shape index (κ2) is 11.4. The van der Waals surface area contributed by atoms with Crippen molar-refractivity contribution in [2.75, 3.05) is 39.1 Å². The van der Waals surface area contributed by atoms with E-state index in [0.717, 1.165) is 43.8 Å². The van der Waals surface area contributed by atoms with Crippen molar-refractivity contribution in [3.8, 4) is 11.8 Å². The van der Waals surface area contributed by atoms with Gasteiger partial charge in [0, 0.05) is 26.7 Å². The van der Waals surface area contributed by atoms with E-state index in [0.29, 0.717) is 24.3 Å². The molecule has 0 aliphatic carbocycles. The first kappa shape index (κ1) is 24.8. The number of nitrogens with two attached hydrogens (primary N) is 1. The van der Waals surface area contributed by atoms with E-state index < -0.39 is 0 Å². The Morgan fingerprint density at radius 3 is 2.38 bits per heavy atom. The number of hydrogen-bond donors (Lipinski definition) is 2. The van der Waals surface area contributed by atoms with Gasteiger partial charge in [-0.25, -0.2) is 4.79 Å². The van der Waals surface area contributed by atoms with Crippen molar-refractivity contribution >= 4 is 17.0 Å². The molecule has 2 aromatic heterocycles. The lowest BCUT2D eigenvalue weighted by Crippen LogP contribution is -2.37. The fourth-order valence-corrected chi connectivity index (χ4v) is 4.53. The van der Waals surface area contributed by atoms with E-state index in [-0.39, 0.29) is 30.2 Å². The highest BCUT2D eigenvalue weighted by molar-refractivity contribution is 5.81. The quantitative estimate of drug-likeness (QED) is 0.316. The van der Waals surface area contributed by atoms with Gasteiger partial charge in [0.1, 0.15) is 24.0 Å². The molecule has 4 aromatic rings. The van der Waals surface area contributed by atoms with Crippen LogP contribution in [-0.2, 0) is 17.8 Å². The predicted molar refractivity (Wildman–Crippen MR) is 141 cm³/mol. The van der Waals surface area contributed by atoms with Gasteiger partial charge in [0.2, 0.25) is 0 Å². The maximum absolute atomic E-state index is 12.6. The first-order valence-corrected chi connectivity index (χ1v) is 12.5. The van der Waals surface area contributed by atoms with Gasteiger partial charge in [-0.05, 0) is 36.1 Å². The van der Waals surface area contributed by atoms with E-state index in [4.69, 9.17) is 19.9 Å². The summed E-state index contributed by atoms with van der Waals surface area (Å²) in [5.74, 6) is 1.11. The molecule has 194 valence electrons. The minimum atomic E-state index is -0.297. The fraction of sp³-hybridized carbons (Fsp3) is 0.370. The van der Waals surface area contributed by atoms with Gasteiger partial charge >= 0.3 is 11.7 Å². The van der Waals surface area contributed by atoms with Crippen LogP contribution in [0.4, 0.5) is 5.82 Å². The summed E-state index contributed by atoms with van der Waals surface area (Å²) in [5.41, 5.74) is 8.77.